The van der Waals surface area contributed by atoms with E-state index in [4.69, 9.17) is 0 Å². The van der Waals surface area contributed by atoms with Gasteiger partial charge in [-0.25, -0.2) is 13.4 Å². The van der Waals surface area contributed by atoms with E-state index in [0.29, 0.717) is 28.1 Å². The molecule has 23 heavy (non-hydrogen) atoms. The van der Waals surface area contributed by atoms with Gasteiger partial charge in [-0.3, -0.25) is 9.36 Å². The van der Waals surface area contributed by atoms with Crippen LogP contribution in [0.25, 0.3) is 10.2 Å². The number of aryl methyl sites for hydroxylation is 2. The second-order valence-corrected chi connectivity index (χ2v) is 8.37. The zero-order chi connectivity index (χ0) is 16.4. The highest BCUT2D eigenvalue weighted by Crippen LogP contribution is 2.15. The first-order valence-electron chi connectivity index (χ1n) is 7.19. The maximum absolute atomic E-state index is 12.3. The number of hydrogen-bond acceptors (Lipinski definition) is 5. The zero-order valence-electron chi connectivity index (χ0n) is 12.6. The third kappa shape index (κ3) is 3.35. The average Bonchev–Trinajstić information content (AvgIpc) is 2.99. The molecule has 0 unspecified atom stereocenters. The molecule has 0 fully saturated rings. The first-order valence-corrected chi connectivity index (χ1v) is 9.73. The van der Waals surface area contributed by atoms with Crippen molar-refractivity contribution in [2.45, 2.75) is 24.8 Å². The van der Waals surface area contributed by atoms with Gasteiger partial charge in [-0.2, -0.15) is 0 Å². The number of nitrogens with zero attached hydrogens (tertiary/aromatic N) is 2. The summed E-state index contributed by atoms with van der Waals surface area (Å²) in [6.45, 7) is 2.25. The Kier molecular flexibility index (Phi) is 4.32. The van der Waals surface area contributed by atoms with Crippen LogP contribution in [0.5, 0.6) is 0 Å². The Hall–Kier alpha value is -1.99. The van der Waals surface area contributed by atoms with E-state index in [-0.39, 0.29) is 11.3 Å². The summed E-state index contributed by atoms with van der Waals surface area (Å²) in [4.78, 5) is 17.5. The standard InChI is InChI=1S/C16H16N2O3S2/c1-12-3-5-13(6-4-12)23(20,21)10-2-8-18-11-17-15-14(16(18)19)7-9-22-15/h3-7,9,11H,2,8,10H2,1H3. The fourth-order valence-electron chi connectivity index (χ4n) is 2.34. The normalized spacial score (nSPS) is 11.9. The first kappa shape index (κ1) is 15.9. The van der Waals surface area contributed by atoms with E-state index in [9.17, 15) is 13.2 Å². The average molecular weight is 348 g/mol. The Morgan fingerprint density at radius 3 is 2.65 bits per heavy atom. The number of hydrogen-bond donors (Lipinski definition) is 0. The predicted molar refractivity (Wildman–Crippen MR) is 91.7 cm³/mol. The molecule has 1 aromatic carbocycles. The van der Waals surface area contributed by atoms with Crippen molar-refractivity contribution >= 4 is 31.4 Å². The molecule has 0 amide bonds. The lowest BCUT2D eigenvalue weighted by atomic mass is 10.2. The van der Waals surface area contributed by atoms with Gasteiger partial charge in [-0.05, 0) is 36.9 Å². The highest BCUT2D eigenvalue weighted by Gasteiger charge is 2.14. The lowest BCUT2D eigenvalue weighted by Crippen LogP contribution is -2.21. The quantitative estimate of drug-likeness (QED) is 0.711. The molecule has 0 saturated carbocycles. The minimum atomic E-state index is -3.33. The predicted octanol–water partition coefficient (Wildman–Crippen LogP) is 2.63. The molecule has 5 nitrogen and oxygen atoms in total. The Balaban J connectivity index is 1.71. The van der Waals surface area contributed by atoms with E-state index in [1.807, 2.05) is 12.3 Å². The van der Waals surface area contributed by atoms with Crippen molar-refractivity contribution in [1.29, 1.82) is 0 Å². The molecule has 0 spiro atoms. The van der Waals surface area contributed by atoms with Crippen molar-refractivity contribution in [1.82, 2.24) is 9.55 Å². The summed E-state index contributed by atoms with van der Waals surface area (Å²) < 4.78 is 26.0. The SMILES string of the molecule is Cc1ccc(S(=O)(=O)CCCn2cnc3sccc3c2=O)cc1. The van der Waals surface area contributed by atoms with Gasteiger partial charge in [0.05, 0.1) is 22.4 Å². The van der Waals surface area contributed by atoms with Crippen molar-refractivity contribution in [3.8, 4) is 0 Å². The van der Waals surface area contributed by atoms with Gasteiger partial charge in [-0.1, -0.05) is 17.7 Å². The zero-order valence-corrected chi connectivity index (χ0v) is 14.2. The van der Waals surface area contributed by atoms with Crippen LogP contribution in [-0.4, -0.2) is 23.7 Å². The van der Waals surface area contributed by atoms with Gasteiger partial charge in [0.1, 0.15) is 4.83 Å². The monoisotopic (exact) mass is 348 g/mol. The van der Waals surface area contributed by atoms with Crippen molar-refractivity contribution in [2.75, 3.05) is 5.75 Å². The van der Waals surface area contributed by atoms with E-state index in [0.717, 1.165) is 5.56 Å². The van der Waals surface area contributed by atoms with Gasteiger partial charge in [0, 0.05) is 6.54 Å². The largest absolute Gasteiger partial charge is 0.299 e. The van der Waals surface area contributed by atoms with E-state index in [1.165, 1.54) is 22.2 Å². The van der Waals surface area contributed by atoms with Crippen LogP contribution in [0, 0.1) is 6.92 Å². The summed E-state index contributed by atoms with van der Waals surface area (Å²) >= 11 is 1.42. The lowest BCUT2D eigenvalue weighted by Gasteiger charge is -2.07. The molecule has 3 rings (SSSR count). The van der Waals surface area contributed by atoms with E-state index in [2.05, 4.69) is 4.98 Å². The summed E-state index contributed by atoms with van der Waals surface area (Å²) in [5.74, 6) is 0.00414. The van der Waals surface area contributed by atoms with Crippen molar-refractivity contribution in [3.63, 3.8) is 0 Å². The molecular weight excluding hydrogens is 332 g/mol. The van der Waals surface area contributed by atoms with Gasteiger partial charge < -0.3 is 0 Å². The molecule has 2 aromatic heterocycles. The number of rotatable bonds is 5. The molecule has 0 bridgehead atoms. The summed E-state index contributed by atoms with van der Waals surface area (Å²) in [6.07, 6.45) is 1.85. The van der Waals surface area contributed by atoms with Crippen molar-refractivity contribution in [3.05, 3.63) is 58.0 Å². The third-order valence-electron chi connectivity index (χ3n) is 3.64. The summed E-state index contributed by atoms with van der Waals surface area (Å²) in [6, 6.07) is 8.55. The van der Waals surface area contributed by atoms with E-state index >= 15 is 0 Å². The molecule has 0 aliphatic heterocycles. The van der Waals surface area contributed by atoms with Gasteiger partial charge in [-0.15, -0.1) is 11.3 Å². The highest BCUT2D eigenvalue weighted by molar-refractivity contribution is 7.91. The highest BCUT2D eigenvalue weighted by atomic mass is 32.2. The fraction of sp³-hybridized carbons (Fsp3) is 0.250. The molecule has 0 radical (unpaired) electrons. The number of benzene rings is 1. The number of sulfone groups is 1. The molecule has 120 valence electrons. The maximum Gasteiger partial charge on any atom is 0.262 e. The molecule has 3 aromatic rings. The maximum atomic E-state index is 12.3. The topological polar surface area (TPSA) is 69.0 Å². The van der Waals surface area contributed by atoms with E-state index < -0.39 is 9.84 Å². The minimum Gasteiger partial charge on any atom is -0.299 e. The molecule has 0 N–H and O–H groups in total. The molecule has 0 aliphatic rings. The number of aromatic nitrogens is 2. The summed E-state index contributed by atoms with van der Waals surface area (Å²) in [7, 11) is -3.33. The molecule has 2 heterocycles. The van der Waals surface area contributed by atoms with E-state index in [1.54, 1.807) is 30.3 Å². The van der Waals surface area contributed by atoms with Crippen LogP contribution < -0.4 is 5.56 Å². The Morgan fingerprint density at radius 1 is 1.17 bits per heavy atom. The number of thiophene rings is 1. The van der Waals surface area contributed by atoms with Crippen LogP contribution in [0.1, 0.15) is 12.0 Å². The Morgan fingerprint density at radius 2 is 1.91 bits per heavy atom. The van der Waals surface area contributed by atoms with Crippen molar-refractivity contribution in [2.24, 2.45) is 0 Å². The van der Waals surface area contributed by atoms with Crippen LogP contribution in [0.4, 0.5) is 0 Å². The van der Waals surface area contributed by atoms with Crippen LogP contribution >= 0.6 is 11.3 Å². The molecule has 7 heteroatoms. The van der Waals surface area contributed by atoms with Crippen LogP contribution in [-0.2, 0) is 16.4 Å². The van der Waals surface area contributed by atoms with Gasteiger partial charge in [0.25, 0.3) is 5.56 Å². The minimum absolute atomic E-state index is 0.00414. The van der Waals surface area contributed by atoms with Gasteiger partial charge in [0.2, 0.25) is 0 Å². The van der Waals surface area contributed by atoms with Crippen LogP contribution in [0.3, 0.4) is 0 Å². The Bertz CT molecular complexity index is 986. The lowest BCUT2D eigenvalue weighted by molar-refractivity contribution is 0.583. The molecule has 0 saturated heterocycles. The second-order valence-electron chi connectivity index (χ2n) is 5.37. The van der Waals surface area contributed by atoms with Gasteiger partial charge in [0.15, 0.2) is 9.84 Å². The summed E-state index contributed by atoms with van der Waals surface area (Å²) in [5, 5.41) is 2.41. The summed E-state index contributed by atoms with van der Waals surface area (Å²) in [5.41, 5.74) is 0.898. The van der Waals surface area contributed by atoms with Crippen LogP contribution in [0.15, 0.2) is 51.7 Å². The molecular formula is C16H16N2O3S2. The first-order chi connectivity index (χ1) is 11.0. The van der Waals surface area contributed by atoms with Crippen LogP contribution in [0.2, 0.25) is 0 Å². The Labute approximate surface area is 138 Å². The third-order valence-corrected chi connectivity index (χ3v) is 6.28. The smallest absolute Gasteiger partial charge is 0.262 e. The number of fused-ring (bicyclic) bond motifs is 1. The molecule has 0 atom stereocenters. The molecule has 0 aliphatic carbocycles. The van der Waals surface area contributed by atoms with Crippen molar-refractivity contribution < 1.29 is 8.42 Å². The van der Waals surface area contributed by atoms with Gasteiger partial charge >= 0.3 is 0 Å². The fourth-order valence-corrected chi connectivity index (χ4v) is 4.36. The second kappa shape index (κ2) is 6.25.